The third-order valence-electron chi connectivity index (χ3n) is 2.95. The fourth-order valence-electron chi connectivity index (χ4n) is 1.88. The van der Waals surface area contributed by atoms with Gasteiger partial charge < -0.3 is 15.2 Å². The SMILES string of the molecule is O=C(NCc1ccccc1)OC(CO)c1ccccc1Cl. The number of amides is 1. The number of aliphatic hydroxyl groups excluding tert-OH is 1. The molecule has 0 saturated carbocycles. The topological polar surface area (TPSA) is 58.6 Å². The molecule has 0 spiro atoms. The molecule has 1 amide bonds. The lowest BCUT2D eigenvalue weighted by atomic mass is 10.1. The maximum Gasteiger partial charge on any atom is 0.408 e. The molecule has 0 aliphatic rings. The van der Waals surface area contributed by atoms with Gasteiger partial charge in [-0.05, 0) is 11.6 Å². The molecule has 0 aromatic heterocycles. The minimum absolute atomic E-state index is 0.331. The summed E-state index contributed by atoms with van der Waals surface area (Å²) in [5.41, 5.74) is 1.55. The first-order chi connectivity index (χ1) is 10.2. The van der Waals surface area contributed by atoms with E-state index in [2.05, 4.69) is 5.32 Å². The second kappa shape index (κ2) is 7.67. The number of carbonyl (C=O) groups is 1. The Kier molecular flexibility index (Phi) is 5.60. The summed E-state index contributed by atoms with van der Waals surface area (Å²) in [6.07, 6.45) is -1.38. The van der Waals surface area contributed by atoms with Gasteiger partial charge in [0.05, 0.1) is 6.61 Å². The zero-order valence-corrected chi connectivity index (χ0v) is 12.1. The second-order valence-corrected chi connectivity index (χ2v) is 4.84. The molecule has 110 valence electrons. The molecular formula is C16H16ClNO3. The molecule has 2 aromatic rings. The number of carbonyl (C=O) groups excluding carboxylic acids is 1. The van der Waals surface area contributed by atoms with Crippen LogP contribution in [0.2, 0.25) is 5.02 Å². The number of ether oxygens (including phenoxy) is 1. The van der Waals surface area contributed by atoms with Crippen molar-refractivity contribution < 1.29 is 14.6 Å². The van der Waals surface area contributed by atoms with Gasteiger partial charge in [-0.1, -0.05) is 60.1 Å². The Bertz CT molecular complexity index is 589. The van der Waals surface area contributed by atoms with Crippen LogP contribution in [-0.2, 0) is 11.3 Å². The van der Waals surface area contributed by atoms with Gasteiger partial charge in [-0.15, -0.1) is 0 Å². The lowest BCUT2D eigenvalue weighted by Crippen LogP contribution is -2.26. The van der Waals surface area contributed by atoms with Gasteiger partial charge >= 0.3 is 6.09 Å². The van der Waals surface area contributed by atoms with Crippen molar-refractivity contribution in [2.45, 2.75) is 12.6 Å². The van der Waals surface area contributed by atoms with Gasteiger partial charge in [0.25, 0.3) is 0 Å². The summed E-state index contributed by atoms with van der Waals surface area (Å²) in [5, 5.41) is 12.5. The van der Waals surface area contributed by atoms with E-state index in [0.717, 1.165) is 5.56 Å². The molecule has 0 aliphatic heterocycles. The Morgan fingerprint density at radius 2 is 1.81 bits per heavy atom. The zero-order valence-electron chi connectivity index (χ0n) is 11.3. The maximum absolute atomic E-state index is 11.8. The summed E-state index contributed by atoms with van der Waals surface area (Å²) in [5.74, 6) is 0. The second-order valence-electron chi connectivity index (χ2n) is 4.44. The van der Waals surface area contributed by atoms with Crippen LogP contribution in [0.5, 0.6) is 0 Å². The van der Waals surface area contributed by atoms with Gasteiger partial charge in [0, 0.05) is 17.1 Å². The van der Waals surface area contributed by atoms with E-state index in [4.69, 9.17) is 16.3 Å². The van der Waals surface area contributed by atoms with E-state index >= 15 is 0 Å². The van der Waals surface area contributed by atoms with Gasteiger partial charge in [0.1, 0.15) is 0 Å². The smallest absolute Gasteiger partial charge is 0.408 e. The number of rotatable bonds is 5. The maximum atomic E-state index is 11.8. The molecule has 5 heteroatoms. The highest BCUT2D eigenvalue weighted by molar-refractivity contribution is 6.31. The van der Waals surface area contributed by atoms with Gasteiger partial charge in [-0.25, -0.2) is 4.79 Å². The first-order valence-corrected chi connectivity index (χ1v) is 6.92. The molecule has 2 rings (SSSR count). The zero-order chi connectivity index (χ0) is 15.1. The molecule has 0 saturated heterocycles. The molecule has 0 bridgehead atoms. The Morgan fingerprint density at radius 1 is 1.14 bits per heavy atom. The fourth-order valence-corrected chi connectivity index (χ4v) is 2.13. The van der Waals surface area contributed by atoms with Crippen LogP contribution in [0, 0.1) is 0 Å². The highest BCUT2D eigenvalue weighted by atomic mass is 35.5. The molecule has 4 nitrogen and oxygen atoms in total. The van der Waals surface area contributed by atoms with Crippen LogP contribution in [-0.4, -0.2) is 17.8 Å². The van der Waals surface area contributed by atoms with Crippen molar-refractivity contribution in [1.82, 2.24) is 5.32 Å². The van der Waals surface area contributed by atoms with E-state index in [9.17, 15) is 9.90 Å². The van der Waals surface area contributed by atoms with E-state index in [-0.39, 0.29) is 6.61 Å². The van der Waals surface area contributed by atoms with Crippen LogP contribution in [0.25, 0.3) is 0 Å². The summed E-state index contributed by atoms with van der Waals surface area (Å²) in [4.78, 5) is 11.8. The van der Waals surface area contributed by atoms with Crippen LogP contribution in [0.4, 0.5) is 4.79 Å². The van der Waals surface area contributed by atoms with Gasteiger partial charge in [0.15, 0.2) is 6.10 Å². The average molecular weight is 306 g/mol. The summed E-state index contributed by atoms with van der Waals surface area (Å²) in [6.45, 7) is 0.0306. The molecule has 21 heavy (non-hydrogen) atoms. The van der Waals surface area contributed by atoms with E-state index in [0.29, 0.717) is 17.1 Å². The van der Waals surface area contributed by atoms with Gasteiger partial charge in [-0.3, -0.25) is 0 Å². The van der Waals surface area contributed by atoms with Crippen molar-refractivity contribution >= 4 is 17.7 Å². The van der Waals surface area contributed by atoms with Crippen LogP contribution in [0.1, 0.15) is 17.2 Å². The number of hydrogen-bond donors (Lipinski definition) is 2. The normalized spacial score (nSPS) is 11.7. The first-order valence-electron chi connectivity index (χ1n) is 6.54. The molecule has 0 radical (unpaired) electrons. The summed E-state index contributed by atoms with van der Waals surface area (Å²) < 4.78 is 5.20. The van der Waals surface area contributed by atoms with Crippen LogP contribution in [0.3, 0.4) is 0 Å². The molecule has 2 aromatic carbocycles. The molecule has 1 unspecified atom stereocenters. The monoisotopic (exact) mass is 305 g/mol. The molecule has 0 aliphatic carbocycles. The molecule has 0 fully saturated rings. The van der Waals surface area contributed by atoms with Crippen LogP contribution >= 0.6 is 11.6 Å². The van der Waals surface area contributed by atoms with Crippen molar-refractivity contribution in [1.29, 1.82) is 0 Å². The molecular weight excluding hydrogens is 290 g/mol. The number of halogens is 1. The Morgan fingerprint density at radius 3 is 2.48 bits per heavy atom. The van der Waals surface area contributed by atoms with Crippen molar-refractivity contribution in [2.24, 2.45) is 0 Å². The van der Waals surface area contributed by atoms with Crippen molar-refractivity contribution in [3.63, 3.8) is 0 Å². The Balaban J connectivity index is 1.93. The first kappa shape index (κ1) is 15.4. The third kappa shape index (κ3) is 4.48. The Labute approximate surface area is 128 Å². The average Bonchev–Trinajstić information content (AvgIpc) is 2.52. The number of aliphatic hydroxyl groups is 1. The van der Waals surface area contributed by atoms with Crippen LogP contribution in [0.15, 0.2) is 54.6 Å². The van der Waals surface area contributed by atoms with Crippen LogP contribution < -0.4 is 5.32 Å². The van der Waals surface area contributed by atoms with E-state index in [1.807, 2.05) is 30.3 Å². The summed E-state index contributed by atoms with van der Waals surface area (Å²) >= 11 is 6.03. The summed E-state index contributed by atoms with van der Waals surface area (Å²) in [7, 11) is 0. The Hall–Kier alpha value is -2.04. The number of benzene rings is 2. The molecule has 2 N–H and O–H groups in total. The largest absolute Gasteiger partial charge is 0.439 e. The van der Waals surface area contributed by atoms with Crippen molar-refractivity contribution in [3.05, 3.63) is 70.7 Å². The highest BCUT2D eigenvalue weighted by Gasteiger charge is 2.18. The van der Waals surface area contributed by atoms with Gasteiger partial charge in [0.2, 0.25) is 0 Å². The predicted molar refractivity (Wildman–Crippen MR) is 81.0 cm³/mol. The number of alkyl carbamates (subject to hydrolysis) is 1. The minimum Gasteiger partial charge on any atom is -0.439 e. The number of nitrogens with one attached hydrogen (secondary N) is 1. The van der Waals surface area contributed by atoms with Crippen molar-refractivity contribution in [3.8, 4) is 0 Å². The molecule has 1 atom stereocenters. The third-order valence-corrected chi connectivity index (χ3v) is 3.29. The minimum atomic E-state index is -0.783. The highest BCUT2D eigenvalue weighted by Crippen LogP contribution is 2.25. The predicted octanol–water partition coefficient (Wildman–Crippen LogP) is 3.30. The number of hydrogen-bond acceptors (Lipinski definition) is 3. The fraction of sp³-hybridized carbons (Fsp3) is 0.188. The van der Waals surface area contributed by atoms with Crippen molar-refractivity contribution in [2.75, 3.05) is 6.61 Å². The summed E-state index contributed by atoms with van der Waals surface area (Å²) in [6, 6.07) is 16.4. The lowest BCUT2D eigenvalue weighted by molar-refractivity contribution is 0.0569. The van der Waals surface area contributed by atoms with E-state index in [1.165, 1.54) is 0 Å². The standard InChI is InChI=1S/C16H16ClNO3/c17-14-9-5-4-8-13(14)15(11-19)21-16(20)18-10-12-6-2-1-3-7-12/h1-9,15,19H,10-11H2,(H,18,20). The van der Waals surface area contributed by atoms with E-state index < -0.39 is 12.2 Å². The molecule has 0 heterocycles. The lowest BCUT2D eigenvalue weighted by Gasteiger charge is -2.17. The quantitative estimate of drug-likeness (QED) is 0.891. The van der Waals surface area contributed by atoms with Gasteiger partial charge in [-0.2, -0.15) is 0 Å². The van der Waals surface area contributed by atoms with E-state index in [1.54, 1.807) is 24.3 Å².